The van der Waals surface area contributed by atoms with E-state index in [0.29, 0.717) is 23.7 Å². The number of rotatable bonds is 2. The molecule has 0 aliphatic carbocycles. The van der Waals surface area contributed by atoms with E-state index >= 15 is 0 Å². The van der Waals surface area contributed by atoms with Crippen LogP contribution in [0.2, 0.25) is 0 Å². The van der Waals surface area contributed by atoms with E-state index in [9.17, 15) is 4.79 Å². The molecule has 3 rings (SSSR count). The number of aryl methyl sites for hydroxylation is 1. The predicted octanol–water partition coefficient (Wildman–Crippen LogP) is 0.975. The van der Waals surface area contributed by atoms with Crippen LogP contribution in [-0.4, -0.2) is 48.1 Å². The topological polar surface area (TPSA) is 54.5 Å². The van der Waals surface area contributed by atoms with Gasteiger partial charge in [-0.15, -0.1) is 0 Å². The number of nitrogens with zero attached hydrogens (tertiary/aromatic N) is 2. The number of carbonyl (C=O) groups is 1. The fourth-order valence-corrected chi connectivity index (χ4v) is 3.07. The number of piperazine rings is 1. The van der Waals surface area contributed by atoms with E-state index in [1.807, 2.05) is 17.9 Å². The van der Waals surface area contributed by atoms with Gasteiger partial charge in [-0.3, -0.25) is 4.79 Å². The monoisotopic (exact) mass is 261 g/mol. The summed E-state index contributed by atoms with van der Waals surface area (Å²) in [6.45, 7) is 3.71. The van der Waals surface area contributed by atoms with Gasteiger partial charge in [-0.1, -0.05) is 6.07 Å². The van der Waals surface area contributed by atoms with Gasteiger partial charge in [-0.05, 0) is 25.3 Å². The molecule has 2 atom stereocenters. The Labute approximate surface area is 113 Å². The zero-order chi connectivity index (χ0) is 13.4. The number of carbonyl (C=O) groups excluding carboxylic acids is 1. The summed E-state index contributed by atoms with van der Waals surface area (Å²) in [5.41, 5.74) is 1.43. The molecule has 2 aliphatic heterocycles. The molecular formula is C14H19N3O2. The first-order chi connectivity index (χ1) is 9.20. The quantitative estimate of drug-likeness (QED) is 0.862. The highest BCUT2D eigenvalue weighted by Gasteiger charge is 2.40. The third kappa shape index (κ3) is 2.08. The van der Waals surface area contributed by atoms with Gasteiger partial charge in [0, 0.05) is 31.2 Å². The highest BCUT2D eigenvalue weighted by Crippen LogP contribution is 2.29. The fraction of sp³-hybridized carbons (Fsp3) is 0.571. The number of ether oxygens (including phenoxy) is 1. The Hall–Kier alpha value is -1.62. The summed E-state index contributed by atoms with van der Waals surface area (Å²) in [7, 11) is 1.57. The smallest absolute Gasteiger partial charge is 0.273 e. The van der Waals surface area contributed by atoms with Crippen molar-refractivity contribution in [3.8, 4) is 5.88 Å². The van der Waals surface area contributed by atoms with E-state index in [0.717, 1.165) is 31.5 Å². The number of nitrogens with one attached hydrogen (secondary N) is 1. The number of methoxy groups -OCH3 is 1. The van der Waals surface area contributed by atoms with E-state index in [4.69, 9.17) is 4.74 Å². The van der Waals surface area contributed by atoms with Gasteiger partial charge in [0.05, 0.1) is 7.11 Å². The molecule has 1 N–H and O–H groups in total. The number of hydrogen-bond acceptors (Lipinski definition) is 4. The van der Waals surface area contributed by atoms with Crippen LogP contribution in [0.1, 0.15) is 28.9 Å². The lowest BCUT2D eigenvalue weighted by Gasteiger charge is -2.35. The van der Waals surface area contributed by atoms with E-state index in [1.165, 1.54) is 0 Å². The van der Waals surface area contributed by atoms with Gasteiger partial charge in [0.2, 0.25) is 5.88 Å². The molecular weight excluding hydrogens is 242 g/mol. The third-order valence-corrected chi connectivity index (χ3v) is 4.10. The molecule has 0 spiro atoms. The second kappa shape index (κ2) is 4.81. The highest BCUT2D eigenvalue weighted by atomic mass is 16.5. The number of amides is 1. The maximum absolute atomic E-state index is 12.7. The lowest BCUT2D eigenvalue weighted by atomic mass is 10.1. The largest absolute Gasteiger partial charge is 0.481 e. The molecule has 5 heteroatoms. The average molecular weight is 261 g/mol. The van der Waals surface area contributed by atoms with Gasteiger partial charge in [0.15, 0.2) is 0 Å². The molecule has 3 heterocycles. The summed E-state index contributed by atoms with van der Waals surface area (Å²) in [5, 5.41) is 3.38. The van der Waals surface area contributed by atoms with Crippen LogP contribution >= 0.6 is 0 Å². The van der Waals surface area contributed by atoms with Gasteiger partial charge in [-0.2, -0.15) is 0 Å². The van der Waals surface area contributed by atoms with Crippen molar-refractivity contribution in [3.05, 3.63) is 23.4 Å². The Morgan fingerprint density at radius 3 is 2.68 bits per heavy atom. The van der Waals surface area contributed by atoms with E-state index in [1.54, 1.807) is 13.2 Å². The molecule has 1 amide bonds. The molecule has 5 nitrogen and oxygen atoms in total. The van der Waals surface area contributed by atoms with Gasteiger partial charge in [0.25, 0.3) is 5.91 Å². The van der Waals surface area contributed by atoms with Crippen LogP contribution in [0.4, 0.5) is 0 Å². The molecule has 0 aromatic carbocycles. The Kier molecular flexibility index (Phi) is 3.14. The van der Waals surface area contributed by atoms with Crippen molar-refractivity contribution in [1.29, 1.82) is 0 Å². The summed E-state index contributed by atoms with van der Waals surface area (Å²) < 4.78 is 5.12. The minimum Gasteiger partial charge on any atom is -0.481 e. The molecule has 2 aliphatic rings. The molecule has 0 saturated carbocycles. The van der Waals surface area contributed by atoms with Crippen molar-refractivity contribution in [2.45, 2.75) is 31.8 Å². The Morgan fingerprint density at radius 1 is 1.37 bits per heavy atom. The zero-order valence-electron chi connectivity index (χ0n) is 11.3. The second-order valence-corrected chi connectivity index (χ2v) is 5.27. The Bertz CT molecular complexity index is 487. The number of hydrogen-bond donors (Lipinski definition) is 1. The van der Waals surface area contributed by atoms with E-state index < -0.39 is 0 Å². The Morgan fingerprint density at radius 2 is 2.05 bits per heavy atom. The summed E-state index contributed by atoms with van der Waals surface area (Å²) >= 11 is 0. The van der Waals surface area contributed by atoms with Crippen molar-refractivity contribution < 1.29 is 9.53 Å². The zero-order valence-corrected chi connectivity index (χ0v) is 11.3. The average Bonchev–Trinajstić information content (AvgIpc) is 2.68. The number of aromatic nitrogens is 1. The van der Waals surface area contributed by atoms with Crippen molar-refractivity contribution in [3.63, 3.8) is 0 Å². The van der Waals surface area contributed by atoms with Crippen LogP contribution in [0.15, 0.2) is 12.1 Å². The van der Waals surface area contributed by atoms with E-state index in [2.05, 4.69) is 10.3 Å². The Balaban J connectivity index is 1.91. The van der Waals surface area contributed by atoms with Crippen molar-refractivity contribution in [2.75, 3.05) is 20.2 Å². The van der Waals surface area contributed by atoms with Gasteiger partial charge >= 0.3 is 0 Å². The molecule has 2 bridgehead atoms. The molecule has 102 valence electrons. The minimum atomic E-state index is 0.0467. The predicted molar refractivity (Wildman–Crippen MR) is 71.4 cm³/mol. The van der Waals surface area contributed by atoms with Crippen LogP contribution in [0, 0.1) is 6.92 Å². The molecule has 1 aromatic heterocycles. The molecule has 2 saturated heterocycles. The van der Waals surface area contributed by atoms with Crippen LogP contribution < -0.4 is 10.1 Å². The molecule has 2 fully saturated rings. The SMILES string of the molecule is COc1ccc(C)c(C(=O)N2C3CCC2CNC3)n1. The van der Waals surface area contributed by atoms with Crippen LogP contribution in [0.5, 0.6) is 5.88 Å². The first-order valence-electron chi connectivity index (χ1n) is 6.75. The van der Waals surface area contributed by atoms with Gasteiger partial charge in [-0.25, -0.2) is 4.98 Å². The lowest BCUT2D eigenvalue weighted by molar-refractivity contribution is 0.0611. The van der Waals surface area contributed by atoms with Crippen LogP contribution in [-0.2, 0) is 0 Å². The molecule has 0 radical (unpaired) electrons. The normalized spacial score (nSPS) is 25.5. The van der Waals surface area contributed by atoms with Crippen LogP contribution in [0.25, 0.3) is 0 Å². The van der Waals surface area contributed by atoms with Gasteiger partial charge < -0.3 is 15.0 Å². The summed E-state index contributed by atoms with van der Waals surface area (Å²) in [6, 6.07) is 4.32. The summed E-state index contributed by atoms with van der Waals surface area (Å²) in [4.78, 5) is 19.1. The molecule has 2 unspecified atom stereocenters. The van der Waals surface area contributed by atoms with Crippen molar-refractivity contribution in [1.82, 2.24) is 15.2 Å². The second-order valence-electron chi connectivity index (χ2n) is 5.27. The maximum Gasteiger partial charge on any atom is 0.273 e. The first kappa shape index (κ1) is 12.4. The third-order valence-electron chi connectivity index (χ3n) is 4.10. The first-order valence-corrected chi connectivity index (χ1v) is 6.75. The minimum absolute atomic E-state index is 0.0467. The number of pyridine rings is 1. The summed E-state index contributed by atoms with van der Waals surface area (Å²) in [5.74, 6) is 0.543. The maximum atomic E-state index is 12.7. The highest BCUT2D eigenvalue weighted by molar-refractivity contribution is 5.94. The molecule has 19 heavy (non-hydrogen) atoms. The fourth-order valence-electron chi connectivity index (χ4n) is 3.07. The summed E-state index contributed by atoms with van der Waals surface area (Å²) in [6.07, 6.45) is 2.18. The lowest BCUT2D eigenvalue weighted by Crippen LogP contribution is -2.54. The van der Waals surface area contributed by atoms with E-state index in [-0.39, 0.29) is 5.91 Å². The standard InChI is InChI=1S/C14H19N3O2/c1-9-3-6-12(19-2)16-13(9)14(18)17-10-4-5-11(17)8-15-7-10/h3,6,10-11,15H,4-5,7-8H2,1-2H3. The molecule has 1 aromatic rings. The van der Waals surface area contributed by atoms with Crippen LogP contribution in [0.3, 0.4) is 0 Å². The van der Waals surface area contributed by atoms with Crippen molar-refractivity contribution >= 4 is 5.91 Å². The van der Waals surface area contributed by atoms with Gasteiger partial charge in [0.1, 0.15) is 5.69 Å². The van der Waals surface area contributed by atoms with Crippen molar-refractivity contribution in [2.24, 2.45) is 0 Å². The number of fused-ring (bicyclic) bond motifs is 2.